The molecule has 1 amide bonds. The maximum Gasteiger partial charge on any atom is 0.220 e. The van der Waals surface area contributed by atoms with Gasteiger partial charge in [0.2, 0.25) is 5.91 Å². The SMILES string of the molecule is Cc1nn(-c2cc(N(C)C)ncn2)c(C)c1CCC(=O)NCc1ccc(F)cc1. The van der Waals surface area contributed by atoms with E-state index in [2.05, 4.69) is 20.4 Å². The van der Waals surface area contributed by atoms with E-state index in [-0.39, 0.29) is 11.7 Å². The van der Waals surface area contributed by atoms with Crippen molar-refractivity contribution < 1.29 is 9.18 Å². The Hall–Kier alpha value is -3.29. The number of amides is 1. The number of hydrogen-bond acceptors (Lipinski definition) is 5. The van der Waals surface area contributed by atoms with Gasteiger partial charge in [0.1, 0.15) is 18.0 Å². The van der Waals surface area contributed by atoms with Gasteiger partial charge < -0.3 is 10.2 Å². The summed E-state index contributed by atoms with van der Waals surface area (Å²) in [7, 11) is 3.84. The minimum absolute atomic E-state index is 0.0576. The molecule has 0 bridgehead atoms. The van der Waals surface area contributed by atoms with Crippen LogP contribution in [0.1, 0.15) is 28.9 Å². The molecule has 1 N–H and O–H groups in total. The van der Waals surface area contributed by atoms with E-state index < -0.39 is 0 Å². The molecule has 29 heavy (non-hydrogen) atoms. The van der Waals surface area contributed by atoms with E-state index in [9.17, 15) is 9.18 Å². The molecule has 0 aliphatic carbocycles. The summed E-state index contributed by atoms with van der Waals surface area (Å²) in [5.41, 5.74) is 3.73. The maximum absolute atomic E-state index is 13.0. The molecule has 2 aromatic heterocycles. The van der Waals surface area contributed by atoms with Gasteiger partial charge in [0.05, 0.1) is 5.69 Å². The van der Waals surface area contributed by atoms with E-state index >= 15 is 0 Å². The van der Waals surface area contributed by atoms with Gasteiger partial charge in [0.25, 0.3) is 0 Å². The molecule has 0 unspecified atom stereocenters. The van der Waals surface area contributed by atoms with Gasteiger partial charge in [0, 0.05) is 38.8 Å². The van der Waals surface area contributed by atoms with Gasteiger partial charge in [-0.1, -0.05) is 12.1 Å². The summed E-state index contributed by atoms with van der Waals surface area (Å²) in [6.45, 7) is 4.29. The number of nitrogens with one attached hydrogen (secondary N) is 1. The van der Waals surface area contributed by atoms with Gasteiger partial charge in [-0.05, 0) is 43.5 Å². The van der Waals surface area contributed by atoms with Gasteiger partial charge in [-0.2, -0.15) is 5.10 Å². The lowest BCUT2D eigenvalue weighted by atomic mass is 10.1. The smallest absolute Gasteiger partial charge is 0.220 e. The molecule has 1 aromatic carbocycles. The molecule has 0 aliphatic heterocycles. The molecule has 0 radical (unpaired) electrons. The lowest BCUT2D eigenvalue weighted by Gasteiger charge is -2.12. The van der Waals surface area contributed by atoms with Crippen molar-refractivity contribution in [1.82, 2.24) is 25.1 Å². The van der Waals surface area contributed by atoms with Gasteiger partial charge in [-0.15, -0.1) is 0 Å². The molecule has 8 heteroatoms. The van der Waals surface area contributed by atoms with Crippen LogP contribution in [0.4, 0.5) is 10.2 Å². The molecule has 0 spiro atoms. The normalized spacial score (nSPS) is 10.8. The predicted molar refractivity (Wildman–Crippen MR) is 110 cm³/mol. The molecule has 152 valence electrons. The third-order valence-corrected chi connectivity index (χ3v) is 4.76. The Morgan fingerprint density at radius 1 is 1.17 bits per heavy atom. The zero-order valence-electron chi connectivity index (χ0n) is 17.1. The molecular formula is C21H25FN6O. The average molecular weight is 396 g/mol. The van der Waals surface area contributed by atoms with Crippen molar-refractivity contribution in [2.45, 2.75) is 33.2 Å². The monoisotopic (exact) mass is 396 g/mol. The fourth-order valence-electron chi connectivity index (χ4n) is 3.09. The maximum atomic E-state index is 13.0. The number of aryl methyl sites for hydroxylation is 1. The van der Waals surface area contributed by atoms with Crippen molar-refractivity contribution in [2.24, 2.45) is 0 Å². The zero-order valence-corrected chi connectivity index (χ0v) is 17.1. The quantitative estimate of drug-likeness (QED) is 0.665. The topological polar surface area (TPSA) is 75.9 Å². The lowest BCUT2D eigenvalue weighted by Crippen LogP contribution is -2.23. The van der Waals surface area contributed by atoms with Crippen molar-refractivity contribution >= 4 is 11.7 Å². The van der Waals surface area contributed by atoms with E-state index in [1.165, 1.54) is 18.5 Å². The number of hydrogen-bond donors (Lipinski definition) is 1. The number of halogens is 1. The van der Waals surface area contributed by atoms with Crippen LogP contribution in [-0.2, 0) is 17.8 Å². The highest BCUT2D eigenvalue weighted by Gasteiger charge is 2.15. The molecule has 7 nitrogen and oxygen atoms in total. The van der Waals surface area contributed by atoms with Gasteiger partial charge >= 0.3 is 0 Å². The van der Waals surface area contributed by atoms with Crippen LogP contribution < -0.4 is 10.2 Å². The zero-order chi connectivity index (χ0) is 21.0. The lowest BCUT2D eigenvalue weighted by molar-refractivity contribution is -0.121. The summed E-state index contributed by atoms with van der Waals surface area (Å²) in [4.78, 5) is 22.7. The Balaban J connectivity index is 1.65. The van der Waals surface area contributed by atoms with E-state index in [1.807, 2.05) is 38.9 Å². The van der Waals surface area contributed by atoms with Crippen LogP contribution in [0.15, 0.2) is 36.7 Å². The molecule has 0 atom stereocenters. The Bertz CT molecular complexity index is 997. The van der Waals surface area contributed by atoms with Crippen LogP contribution in [0.2, 0.25) is 0 Å². The summed E-state index contributed by atoms with van der Waals surface area (Å²) in [5, 5.41) is 7.47. The highest BCUT2D eigenvalue weighted by atomic mass is 19.1. The third kappa shape index (κ3) is 4.96. The molecule has 0 fully saturated rings. The second kappa shape index (κ2) is 8.81. The van der Waals surface area contributed by atoms with Gasteiger partial charge in [-0.25, -0.2) is 19.0 Å². The van der Waals surface area contributed by atoms with E-state index in [1.54, 1.807) is 16.8 Å². The fourth-order valence-corrected chi connectivity index (χ4v) is 3.09. The molecule has 0 saturated heterocycles. The second-order valence-corrected chi connectivity index (χ2v) is 7.09. The Morgan fingerprint density at radius 2 is 1.90 bits per heavy atom. The van der Waals surface area contributed by atoms with Crippen molar-refractivity contribution in [2.75, 3.05) is 19.0 Å². The molecule has 0 saturated carbocycles. The number of rotatable bonds is 7. The average Bonchev–Trinajstić information content (AvgIpc) is 2.99. The first-order valence-corrected chi connectivity index (χ1v) is 9.41. The van der Waals surface area contributed by atoms with Crippen molar-refractivity contribution in [1.29, 1.82) is 0 Å². The minimum atomic E-state index is -0.288. The summed E-state index contributed by atoms with van der Waals surface area (Å²) in [6.07, 6.45) is 2.45. The van der Waals surface area contributed by atoms with E-state index in [4.69, 9.17) is 0 Å². The summed E-state index contributed by atoms with van der Waals surface area (Å²) in [5.74, 6) is 1.14. The molecule has 3 rings (SSSR count). The van der Waals surface area contributed by atoms with Gasteiger partial charge in [-0.3, -0.25) is 4.79 Å². The Kier molecular flexibility index (Phi) is 6.21. The van der Waals surface area contributed by atoms with E-state index in [0.29, 0.717) is 25.2 Å². The fraction of sp³-hybridized carbons (Fsp3) is 0.333. The van der Waals surface area contributed by atoms with E-state index in [0.717, 1.165) is 28.3 Å². The van der Waals surface area contributed by atoms with Crippen LogP contribution in [-0.4, -0.2) is 39.8 Å². The number of carbonyl (C=O) groups excluding carboxylic acids is 1. The largest absolute Gasteiger partial charge is 0.363 e. The number of aromatic nitrogens is 4. The first-order valence-electron chi connectivity index (χ1n) is 9.41. The minimum Gasteiger partial charge on any atom is -0.363 e. The van der Waals surface area contributed by atoms with Gasteiger partial charge in [0.15, 0.2) is 5.82 Å². The molecule has 3 aromatic rings. The van der Waals surface area contributed by atoms with Crippen molar-refractivity contribution in [3.05, 3.63) is 65.0 Å². The molecule has 2 heterocycles. The third-order valence-electron chi connectivity index (χ3n) is 4.76. The standard InChI is InChI=1S/C21H25FN6O/c1-14-18(9-10-21(29)23-12-16-5-7-17(22)8-6-16)15(2)28(26-14)20-11-19(27(3)4)24-13-25-20/h5-8,11,13H,9-10,12H2,1-4H3,(H,23,29). The van der Waals surface area contributed by atoms with Crippen LogP contribution >= 0.6 is 0 Å². The molecular weight excluding hydrogens is 371 g/mol. The highest BCUT2D eigenvalue weighted by molar-refractivity contribution is 5.76. The highest BCUT2D eigenvalue weighted by Crippen LogP contribution is 2.20. The predicted octanol–water partition coefficient (Wildman–Crippen LogP) is 2.73. The number of anilines is 1. The first-order chi connectivity index (χ1) is 13.8. The van der Waals surface area contributed by atoms with Crippen LogP contribution in [0.5, 0.6) is 0 Å². The van der Waals surface area contributed by atoms with Crippen LogP contribution in [0.25, 0.3) is 5.82 Å². The molecule has 0 aliphatic rings. The first kappa shape index (κ1) is 20.4. The van der Waals surface area contributed by atoms with Crippen molar-refractivity contribution in [3.63, 3.8) is 0 Å². The summed E-state index contributed by atoms with van der Waals surface area (Å²) >= 11 is 0. The van der Waals surface area contributed by atoms with Crippen LogP contribution in [0.3, 0.4) is 0 Å². The number of benzene rings is 1. The van der Waals surface area contributed by atoms with Crippen molar-refractivity contribution in [3.8, 4) is 5.82 Å². The number of carbonyl (C=O) groups is 1. The summed E-state index contributed by atoms with van der Waals surface area (Å²) < 4.78 is 14.7. The summed E-state index contributed by atoms with van der Waals surface area (Å²) in [6, 6.07) is 7.98. The Labute approximate surface area is 169 Å². The Morgan fingerprint density at radius 3 is 2.59 bits per heavy atom. The second-order valence-electron chi connectivity index (χ2n) is 7.09. The van der Waals surface area contributed by atoms with Crippen LogP contribution in [0, 0.1) is 19.7 Å². The number of nitrogens with zero attached hydrogens (tertiary/aromatic N) is 5.